The Bertz CT molecular complexity index is 359. The van der Waals surface area contributed by atoms with Gasteiger partial charge in [0.15, 0.2) is 0 Å². The van der Waals surface area contributed by atoms with Crippen molar-refractivity contribution in [3.63, 3.8) is 0 Å². The van der Waals surface area contributed by atoms with Crippen LogP contribution >= 0.6 is 11.6 Å². The number of aliphatic hydroxyl groups excluding tert-OH is 1. The lowest BCUT2D eigenvalue weighted by Crippen LogP contribution is -2.04. The largest absolute Gasteiger partial charge is 0.388 e. The molecule has 1 rings (SSSR count). The molecule has 0 bridgehead atoms. The van der Waals surface area contributed by atoms with Crippen molar-refractivity contribution in [3.05, 3.63) is 45.0 Å². The second kappa shape index (κ2) is 4.81. The predicted molar refractivity (Wildman–Crippen MR) is 50.4 cm³/mol. The Morgan fingerprint density at radius 2 is 2.36 bits per heavy atom. The first-order valence-electron chi connectivity index (χ1n) is 3.79. The molecule has 0 aliphatic heterocycles. The monoisotopic (exact) mass is 215 g/mol. The third kappa shape index (κ3) is 2.35. The summed E-state index contributed by atoms with van der Waals surface area (Å²) >= 11 is 5.67. The van der Waals surface area contributed by atoms with Crippen LogP contribution in [0.2, 0.25) is 5.02 Å². The predicted octanol–water partition coefficient (Wildman–Crippen LogP) is 2.82. The molecule has 0 radical (unpaired) electrons. The maximum atomic E-state index is 13.1. The van der Waals surface area contributed by atoms with Gasteiger partial charge in [-0.25, -0.2) is 4.39 Å². The molecule has 0 aromatic heterocycles. The summed E-state index contributed by atoms with van der Waals surface area (Å²) in [7, 11) is 0. The van der Waals surface area contributed by atoms with Crippen LogP contribution in [-0.4, -0.2) is 11.7 Å². The second-order valence-electron chi connectivity index (χ2n) is 2.56. The first kappa shape index (κ1) is 10.8. The van der Waals surface area contributed by atoms with Crippen LogP contribution in [-0.2, 0) is 0 Å². The summed E-state index contributed by atoms with van der Waals surface area (Å²) in [5, 5.41) is 12.7. The van der Waals surface area contributed by atoms with Gasteiger partial charge in [-0.15, -0.1) is 0 Å². The number of hydrogen-bond donors (Lipinski definition) is 1. The lowest BCUT2D eigenvalue weighted by Gasteiger charge is -2.10. The molecular formula is C8H7ClFN3O. The maximum absolute atomic E-state index is 13.1. The molecule has 0 aliphatic rings. The fraction of sp³-hybridized carbons (Fsp3) is 0.250. The fourth-order valence-electron chi connectivity index (χ4n) is 1.03. The minimum absolute atomic E-state index is 0.0402. The van der Waals surface area contributed by atoms with Gasteiger partial charge in [-0.3, -0.25) is 0 Å². The van der Waals surface area contributed by atoms with Gasteiger partial charge in [0.2, 0.25) is 0 Å². The van der Waals surface area contributed by atoms with Gasteiger partial charge in [0, 0.05) is 15.5 Å². The van der Waals surface area contributed by atoms with Crippen molar-refractivity contribution in [1.82, 2.24) is 0 Å². The fourth-order valence-corrected chi connectivity index (χ4v) is 1.32. The van der Waals surface area contributed by atoms with Crippen LogP contribution in [0.1, 0.15) is 11.7 Å². The van der Waals surface area contributed by atoms with Gasteiger partial charge in [0.25, 0.3) is 0 Å². The van der Waals surface area contributed by atoms with Crippen LogP contribution < -0.4 is 0 Å². The van der Waals surface area contributed by atoms with E-state index in [0.717, 1.165) is 0 Å². The molecule has 0 amide bonds. The van der Waals surface area contributed by atoms with Gasteiger partial charge < -0.3 is 5.11 Å². The van der Waals surface area contributed by atoms with E-state index in [4.69, 9.17) is 17.1 Å². The van der Waals surface area contributed by atoms with Gasteiger partial charge in [-0.05, 0) is 17.7 Å². The topological polar surface area (TPSA) is 69.0 Å². The highest BCUT2D eigenvalue weighted by atomic mass is 35.5. The first-order valence-corrected chi connectivity index (χ1v) is 4.17. The number of aliphatic hydroxyl groups is 1. The molecule has 0 saturated carbocycles. The Kier molecular flexibility index (Phi) is 3.71. The van der Waals surface area contributed by atoms with Gasteiger partial charge in [-0.1, -0.05) is 22.8 Å². The van der Waals surface area contributed by atoms with Crippen LogP contribution in [0.25, 0.3) is 10.4 Å². The molecule has 4 nitrogen and oxygen atoms in total. The summed E-state index contributed by atoms with van der Waals surface area (Å²) in [6.07, 6.45) is -1.21. The second-order valence-corrected chi connectivity index (χ2v) is 2.97. The number of hydrogen-bond acceptors (Lipinski definition) is 2. The molecule has 0 heterocycles. The lowest BCUT2D eigenvalue weighted by molar-refractivity contribution is 0.182. The molecule has 1 aromatic carbocycles. The average molecular weight is 216 g/mol. The molecule has 1 N–H and O–H groups in total. The lowest BCUT2D eigenvalue weighted by atomic mass is 10.1. The van der Waals surface area contributed by atoms with E-state index in [1.54, 1.807) is 0 Å². The summed E-state index contributed by atoms with van der Waals surface area (Å²) in [5.41, 5.74) is 7.98. The standard InChI is InChI=1S/C8H7ClFN3O/c9-5-2-1-3-6(10)8(5)7(14)4-12-13-11/h1-3,7,14H,4H2/t7-/m1/s1. The Hall–Kier alpha value is -1.29. The van der Waals surface area contributed by atoms with Crippen molar-refractivity contribution >= 4 is 11.6 Å². The van der Waals surface area contributed by atoms with Crippen LogP contribution in [0.5, 0.6) is 0 Å². The molecule has 0 unspecified atom stereocenters. The zero-order valence-electron chi connectivity index (χ0n) is 7.06. The summed E-state index contributed by atoms with van der Waals surface area (Å²) < 4.78 is 13.1. The normalized spacial score (nSPS) is 11.9. The third-order valence-corrected chi connectivity index (χ3v) is 1.98. The summed E-state index contributed by atoms with van der Waals surface area (Å²) in [4.78, 5) is 2.46. The van der Waals surface area contributed by atoms with E-state index in [1.807, 2.05) is 0 Å². The Labute approximate surface area is 84.6 Å². The highest BCUT2D eigenvalue weighted by Gasteiger charge is 2.15. The zero-order chi connectivity index (χ0) is 10.6. The number of nitrogens with zero attached hydrogens (tertiary/aromatic N) is 3. The highest BCUT2D eigenvalue weighted by molar-refractivity contribution is 6.31. The molecule has 14 heavy (non-hydrogen) atoms. The quantitative estimate of drug-likeness (QED) is 0.470. The molecule has 0 spiro atoms. The molecule has 1 atom stereocenters. The Morgan fingerprint density at radius 1 is 1.64 bits per heavy atom. The minimum Gasteiger partial charge on any atom is -0.388 e. The highest BCUT2D eigenvalue weighted by Crippen LogP contribution is 2.25. The Morgan fingerprint density at radius 3 is 2.93 bits per heavy atom. The van der Waals surface area contributed by atoms with Crippen molar-refractivity contribution in [3.8, 4) is 0 Å². The summed E-state index contributed by atoms with van der Waals surface area (Å²) in [5.74, 6) is -0.613. The SMILES string of the molecule is [N-]=[N+]=NC[C@@H](O)c1c(F)cccc1Cl. The van der Waals surface area contributed by atoms with Crippen molar-refractivity contribution < 1.29 is 9.50 Å². The van der Waals surface area contributed by atoms with E-state index in [0.29, 0.717) is 0 Å². The van der Waals surface area contributed by atoms with E-state index < -0.39 is 11.9 Å². The van der Waals surface area contributed by atoms with E-state index in [9.17, 15) is 9.50 Å². The summed E-state index contributed by atoms with van der Waals surface area (Å²) in [6, 6.07) is 4.07. The van der Waals surface area contributed by atoms with E-state index in [2.05, 4.69) is 10.0 Å². The van der Waals surface area contributed by atoms with Crippen LogP contribution in [0.4, 0.5) is 4.39 Å². The van der Waals surface area contributed by atoms with Crippen molar-refractivity contribution in [2.45, 2.75) is 6.10 Å². The molecule has 0 fully saturated rings. The van der Waals surface area contributed by atoms with Crippen LogP contribution in [0, 0.1) is 5.82 Å². The van der Waals surface area contributed by atoms with E-state index >= 15 is 0 Å². The molecular weight excluding hydrogens is 209 g/mol. The van der Waals surface area contributed by atoms with Gasteiger partial charge in [0.1, 0.15) is 5.82 Å². The van der Waals surface area contributed by atoms with Gasteiger partial charge in [-0.2, -0.15) is 0 Å². The molecule has 0 saturated heterocycles. The molecule has 0 aliphatic carbocycles. The van der Waals surface area contributed by atoms with Crippen LogP contribution in [0.15, 0.2) is 23.3 Å². The number of azide groups is 1. The summed E-state index contributed by atoms with van der Waals surface area (Å²) in [6.45, 7) is -0.239. The minimum atomic E-state index is -1.21. The van der Waals surface area contributed by atoms with E-state index in [-0.39, 0.29) is 17.1 Å². The van der Waals surface area contributed by atoms with Crippen molar-refractivity contribution in [2.24, 2.45) is 5.11 Å². The first-order chi connectivity index (χ1) is 6.66. The third-order valence-electron chi connectivity index (χ3n) is 1.65. The zero-order valence-corrected chi connectivity index (χ0v) is 7.82. The van der Waals surface area contributed by atoms with Gasteiger partial charge >= 0.3 is 0 Å². The number of halogens is 2. The average Bonchev–Trinajstić information content (AvgIpc) is 2.14. The van der Waals surface area contributed by atoms with Crippen molar-refractivity contribution in [1.29, 1.82) is 0 Å². The molecule has 74 valence electrons. The molecule has 1 aromatic rings. The molecule has 6 heteroatoms. The number of rotatable bonds is 3. The Balaban J connectivity index is 2.99. The van der Waals surface area contributed by atoms with E-state index in [1.165, 1.54) is 18.2 Å². The van der Waals surface area contributed by atoms with Gasteiger partial charge in [0.05, 0.1) is 12.6 Å². The van der Waals surface area contributed by atoms with Crippen LogP contribution in [0.3, 0.4) is 0 Å². The number of benzene rings is 1. The van der Waals surface area contributed by atoms with Crippen molar-refractivity contribution in [2.75, 3.05) is 6.54 Å². The maximum Gasteiger partial charge on any atom is 0.130 e. The smallest absolute Gasteiger partial charge is 0.130 e.